The molecule has 7 heteroatoms. The Labute approximate surface area is 171 Å². The summed E-state index contributed by atoms with van der Waals surface area (Å²) in [4.78, 5) is 6.94. The van der Waals surface area contributed by atoms with Crippen molar-refractivity contribution in [2.75, 3.05) is 32.8 Å². The third-order valence-electron chi connectivity index (χ3n) is 4.84. The summed E-state index contributed by atoms with van der Waals surface area (Å²) in [6.07, 6.45) is 0. The zero-order valence-electron chi connectivity index (χ0n) is 16.8. The molecule has 2 aromatic rings. The quantitative estimate of drug-likeness (QED) is 0.492. The highest BCUT2D eigenvalue weighted by Crippen LogP contribution is 2.17. The Hall–Kier alpha value is -2.64. The van der Waals surface area contributed by atoms with Crippen LogP contribution in [0.25, 0.3) is 0 Å². The smallest absolute Gasteiger partial charge is 0.191 e. The van der Waals surface area contributed by atoms with Crippen molar-refractivity contribution in [3.05, 3.63) is 65.0 Å². The monoisotopic (exact) mass is 400 g/mol. The minimum absolute atomic E-state index is 0.321. The van der Waals surface area contributed by atoms with Crippen LogP contribution in [0.5, 0.6) is 5.75 Å². The van der Waals surface area contributed by atoms with Crippen molar-refractivity contribution >= 4 is 5.96 Å². The van der Waals surface area contributed by atoms with Crippen LogP contribution in [-0.2, 0) is 24.4 Å². The number of halogens is 1. The van der Waals surface area contributed by atoms with Gasteiger partial charge < -0.3 is 20.5 Å². The van der Waals surface area contributed by atoms with Gasteiger partial charge in [-0.25, -0.2) is 9.38 Å². The topological polar surface area (TPSA) is 69.1 Å². The van der Waals surface area contributed by atoms with Crippen molar-refractivity contribution in [2.45, 2.75) is 26.6 Å². The molecule has 0 radical (unpaired) electrons. The predicted molar refractivity (Wildman–Crippen MR) is 112 cm³/mol. The molecule has 6 nitrogen and oxygen atoms in total. The third kappa shape index (κ3) is 6.44. The highest BCUT2D eigenvalue weighted by Gasteiger charge is 2.13. The molecular formula is C22H29FN4O2. The Morgan fingerprint density at radius 3 is 2.62 bits per heavy atom. The van der Waals surface area contributed by atoms with Crippen LogP contribution in [0.2, 0.25) is 0 Å². The van der Waals surface area contributed by atoms with Gasteiger partial charge in [-0.15, -0.1) is 0 Å². The van der Waals surface area contributed by atoms with Gasteiger partial charge in [0, 0.05) is 32.7 Å². The fourth-order valence-corrected chi connectivity index (χ4v) is 3.22. The van der Waals surface area contributed by atoms with Gasteiger partial charge in [0.05, 0.1) is 19.8 Å². The van der Waals surface area contributed by atoms with Gasteiger partial charge in [0.2, 0.25) is 0 Å². The third-order valence-corrected chi connectivity index (χ3v) is 4.84. The standard InChI is InChI=1S/C22H29FN4O2/c1-2-24-22(25-14-17-7-8-21(28)20(23)13-17)26-15-18-5-3-4-6-19(18)16-27-9-11-29-12-10-27/h3-8,13,28H,2,9-12,14-16H2,1H3,(H2,24,25,26). The van der Waals surface area contributed by atoms with Crippen molar-refractivity contribution in [2.24, 2.45) is 4.99 Å². The zero-order valence-corrected chi connectivity index (χ0v) is 16.8. The van der Waals surface area contributed by atoms with E-state index in [0.29, 0.717) is 24.6 Å². The van der Waals surface area contributed by atoms with Gasteiger partial charge in [0.25, 0.3) is 0 Å². The maximum atomic E-state index is 13.5. The van der Waals surface area contributed by atoms with Crippen molar-refractivity contribution in [3.8, 4) is 5.75 Å². The Balaban J connectivity index is 1.63. The first-order valence-corrected chi connectivity index (χ1v) is 10.0. The maximum Gasteiger partial charge on any atom is 0.191 e. The molecule has 1 fully saturated rings. The lowest BCUT2D eigenvalue weighted by Crippen LogP contribution is -2.38. The molecule has 3 N–H and O–H groups in total. The van der Waals surface area contributed by atoms with E-state index in [-0.39, 0.29) is 5.75 Å². The Morgan fingerprint density at radius 1 is 1.14 bits per heavy atom. The van der Waals surface area contributed by atoms with Crippen molar-refractivity contribution in [1.29, 1.82) is 0 Å². The number of hydrogen-bond acceptors (Lipinski definition) is 4. The first-order valence-electron chi connectivity index (χ1n) is 10.0. The van der Waals surface area contributed by atoms with Crippen LogP contribution < -0.4 is 10.6 Å². The van der Waals surface area contributed by atoms with Gasteiger partial charge in [-0.1, -0.05) is 30.3 Å². The van der Waals surface area contributed by atoms with Crippen LogP contribution >= 0.6 is 0 Å². The number of ether oxygens (including phenoxy) is 1. The number of aliphatic imine (C=N–C) groups is 1. The number of aromatic hydroxyl groups is 1. The van der Waals surface area contributed by atoms with Crippen molar-refractivity contribution in [1.82, 2.24) is 15.5 Å². The number of morpholine rings is 1. The van der Waals surface area contributed by atoms with E-state index in [4.69, 9.17) is 4.74 Å². The van der Waals surface area contributed by atoms with E-state index in [1.165, 1.54) is 23.3 Å². The molecule has 156 valence electrons. The van der Waals surface area contributed by atoms with Crippen LogP contribution in [0.1, 0.15) is 23.6 Å². The number of phenols is 1. The van der Waals surface area contributed by atoms with Gasteiger partial charge in [-0.3, -0.25) is 4.90 Å². The summed E-state index contributed by atoms with van der Waals surface area (Å²) in [6.45, 7) is 8.09. The van der Waals surface area contributed by atoms with Gasteiger partial charge >= 0.3 is 0 Å². The van der Waals surface area contributed by atoms with Crippen LogP contribution in [0.4, 0.5) is 4.39 Å². The minimum atomic E-state index is -0.632. The first-order chi connectivity index (χ1) is 14.2. The molecule has 3 rings (SSSR count). The predicted octanol–water partition coefficient (Wildman–Crippen LogP) is 2.62. The van der Waals surface area contributed by atoms with E-state index in [2.05, 4.69) is 38.7 Å². The minimum Gasteiger partial charge on any atom is -0.505 e. The molecule has 1 heterocycles. The van der Waals surface area contributed by atoms with Crippen molar-refractivity contribution in [3.63, 3.8) is 0 Å². The molecule has 0 bridgehead atoms. The lowest BCUT2D eigenvalue weighted by atomic mass is 10.1. The molecule has 0 aliphatic carbocycles. The SMILES string of the molecule is CCNC(=NCc1ccc(O)c(F)c1)NCc1ccccc1CN1CCOCC1. The second-order valence-electron chi connectivity index (χ2n) is 6.99. The van der Waals surface area contributed by atoms with E-state index in [9.17, 15) is 9.50 Å². The lowest BCUT2D eigenvalue weighted by Gasteiger charge is -2.27. The number of phenolic OH excluding ortho intramolecular Hbond substituents is 1. The van der Waals surface area contributed by atoms with Crippen LogP contribution in [0, 0.1) is 5.82 Å². The van der Waals surface area contributed by atoms with Crippen molar-refractivity contribution < 1.29 is 14.2 Å². The van der Waals surface area contributed by atoms with E-state index in [1.54, 1.807) is 6.07 Å². The number of nitrogens with zero attached hydrogens (tertiary/aromatic N) is 2. The Bertz CT molecular complexity index is 822. The second kappa shape index (κ2) is 10.8. The van der Waals surface area contributed by atoms with Gasteiger partial charge in [-0.05, 0) is 35.7 Å². The summed E-state index contributed by atoms with van der Waals surface area (Å²) in [6, 6.07) is 12.7. The molecule has 0 aromatic heterocycles. The first kappa shape index (κ1) is 21.1. The van der Waals surface area contributed by atoms with Crippen LogP contribution in [-0.4, -0.2) is 48.8 Å². The molecule has 1 aliphatic heterocycles. The lowest BCUT2D eigenvalue weighted by molar-refractivity contribution is 0.0341. The summed E-state index contributed by atoms with van der Waals surface area (Å²) in [5.41, 5.74) is 3.21. The van der Waals surface area contributed by atoms with E-state index < -0.39 is 5.82 Å². The second-order valence-corrected chi connectivity index (χ2v) is 6.99. The highest BCUT2D eigenvalue weighted by molar-refractivity contribution is 5.79. The van der Waals surface area contributed by atoms with Crippen LogP contribution in [0.15, 0.2) is 47.5 Å². The molecule has 0 atom stereocenters. The largest absolute Gasteiger partial charge is 0.505 e. The average molecular weight is 400 g/mol. The van der Waals surface area contributed by atoms with Gasteiger partial charge in [0.1, 0.15) is 0 Å². The van der Waals surface area contributed by atoms with E-state index in [1.807, 2.05) is 13.0 Å². The van der Waals surface area contributed by atoms with Gasteiger partial charge in [0.15, 0.2) is 17.5 Å². The molecular weight excluding hydrogens is 371 g/mol. The molecule has 0 amide bonds. The summed E-state index contributed by atoms with van der Waals surface area (Å²) in [7, 11) is 0. The molecule has 0 spiro atoms. The summed E-state index contributed by atoms with van der Waals surface area (Å²) in [5, 5.41) is 15.9. The number of benzene rings is 2. The van der Waals surface area contributed by atoms with Crippen LogP contribution in [0.3, 0.4) is 0 Å². The summed E-state index contributed by atoms with van der Waals surface area (Å²) in [5.74, 6) is -0.311. The van der Waals surface area contributed by atoms with E-state index >= 15 is 0 Å². The average Bonchev–Trinajstić information content (AvgIpc) is 2.74. The number of guanidine groups is 1. The van der Waals surface area contributed by atoms with E-state index in [0.717, 1.165) is 39.4 Å². The number of rotatable bonds is 7. The molecule has 1 saturated heterocycles. The summed E-state index contributed by atoms with van der Waals surface area (Å²) >= 11 is 0. The van der Waals surface area contributed by atoms with Gasteiger partial charge in [-0.2, -0.15) is 0 Å². The molecule has 29 heavy (non-hydrogen) atoms. The number of hydrogen-bond donors (Lipinski definition) is 3. The highest BCUT2D eigenvalue weighted by atomic mass is 19.1. The fraction of sp³-hybridized carbons (Fsp3) is 0.409. The molecule has 2 aromatic carbocycles. The Kier molecular flexibility index (Phi) is 7.84. The maximum absolute atomic E-state index is 13.5. The number of nitrogens with one attached hydrogen (secondary N) is 2. The molecule has 1 aliphatic rings. The molecule has 0 saturated carbocycles. The Morgan fingerprint density at radius 2 is 1.90 bits per heavy atom. The normalized spacial score (nSPS) is 15.3. The fourth-order valence-electron chi connectivity index (χ4n) is 3.22. The summed E-state index contributed by atoms with van der Waals surface area (Å²) < 4.78 is 19.0. The molecule has 0 unspecified atom stereocenters. The zero-order chi connectivity index (χ0) is 20.5.